The summed E-state index contributed by atoms with van der Waals surface area (Å²) in [4.78, 5) is 63.6. The van der Waals surface area contributed by atoms with Gasteiger partial charge in [0, 0.05) is 13.1 Å². The van der Waals surface area contributed by atoms with Gasteiger partial charge < -0.3 is 24.1 Å². The zero-order valence-electron chi connectivity index (χ0n) is 25.7. The van der Waals surface area contributed by atoms with Crippen molar-refractivity contribution in [2.24, 2.45) is 5.41 Å². The maximum Gasteiger partial charge on any atom is 0.410 e. The first-order chi connectivity index (χ1) is 21.1. The third-order valence-corrected chi connectivity index (χ3v) is 7.07. The minimum atomic E-state index is -0.942. The van der Waals surface area contributed by atoms with E-state index in [1.807, 2.05) is 67.6 Å². The molecule has 0 aliphatic carbocycles. The Morgan fingerprint density at radius 3 is 2.36 bits per heavy atom. The fraction of sp³-hybridized carbons (Fsp3) is 0.424. The molecule has 3 aromatic rings. The molecule has 0 radical (unpaired) electrons. The van der Waals surface area contributed by atoms with Crippen LogP contribution in [0.3, 0.4) is 0 Å². The van der Waals surface area contributed by atoms with Gasteiger partial charge in [0.05, 0.1) is 18.0 Å². The molecule has 1 aliphatic rings. The molecule has 11 nitrogen and oxygen atoms in total. The van der Waals surface area contributed by atoms with Crippen LogP contribution in [0.1, 0.15) is 74.9 Å². The minimum absolute atomic E-state index is 0.0926. The van der Waals surface area contributed by atoms with Crippen molar-refractivity contribution in [1.29, 1.82) is 0 Å². The van der Waals surface area contributed by atoms with E-state index >= 15 is 0 Å². The van der Waals surface area contributed by atoms with E-state index in [4.69, 9.17) is 14.2 Å². The zero-order chi connectivity index (χ0) is 31.7. The molecule has 1 fully saturated rings. The Morgan fingerprint density at radius 1 is 1.02 bits per heavy atom. The molecule has 1 aromatic heterocycles. The van der Waals surface area contributed by atoms with Crippen LogP contribution < -0.4 is 15.0 Å². The third-order valence-electron chi connectivity index (χ3n) is 7.07. The number of aromatic nitrogens is 2. The summed E-state index contributed by atoms with van der Waals surface area (Å²) < 4.78 is 16.9. The SMILES string of the molecule is CCCN(CCOc1ccccc1)C(=O)c1nc([C@@H]2CCCN2C(=O)OCc2ccccc2)[nH]c(=O)c1OC(=O)C(C)(C)C. The van der Waals surface area contributed by atoms with Crippen LogP contribution in [0.4, 0.5) is 4.79 Å². The van der Waals surface area contributed by atoms with Crippen LogP contribution in [-0.4, -0.2) is 64.0 Å². The van der Waals surface area contributed by atoms with Crippen LogP contribution in [0.5, 0.6) is 11.5 Å². The van der Waals surface area contributed by atoms with Crippen molar-refractivity contribution in [3.63, 3.8) is 0 Å². The van der Waals surface area contributed by atoms with Crippen LogP contribution in [0.2, 0.25) is 0 Å². The molecule has 4 rings (SSSR count). The van der Waals surface area contributed by atoms with Crippen LogP contribution in [0, 0.1) is 5.41 Å². The lowest BCUT2D eigenvalue weighted by molar-refractivity contribution is -0.143. The van der Waals surface area contributed by atoms with Gasteiger partial charge in [-0.3, -0.25) is 19.3 Å². The van der Waals surface area contributed by atoms with Gasteiger partial charge >= 0.3 is 12.1 Å². The average Bonchev–Trinajstić information content (AvgIpc) is 3.51. The highest BCUT2D eigenvalue weighted by Gasteiger charge is 2.36. The van der Waals surface area contributed by atoms with E-state index in [0.29, 0.717) is 38.1 Å². The van der Waals surface area contributed by atoms with Crippen molar-refractivity contribution in [3.8, 4) is 11.5 Å². The second-order valence-corrected chi connectivity index (χ2v) is 11.6. The summed E-state index contributed by atoms with van der Waals surface area (Å²) in [6.07, 6.45) is 1.23. The molecule has 11 heteroatoms. The number of esters is 1. The molecule has 1 atom stereocenters. The number of amides is 2. The predicted molar refractivity (Wildman–Crippen MR) is 163 cm³/mol. The van der Waals surface area contributed by atoms with E-state index < -0.39 is 40.7 Å². The number of rotatable bonds is 11. The Bertz CT molecular complexity index is 1490. The predicted octanol–water partition coefficient (Wildman–Crippen LogP) is 5.13. The van der Waals surface area contributed by atoms with Crippen molar-refractivity contribution in [3.05, 3.63) is 88.1 Å². The van der Waals surface area contributed by atoms with Crippen molar-refractivity contribution >= 4 is 18.0 Å². The summed E-state index contributed by atoms with van der Waals surface area (Å²) in [5, 5.41) is 0. The van der Waals surface area contributed by atoms with Crippen LogP contribution >= 0.6 is 0 Å². The lowest BCUT2D eigenvalue weighted by Crippen LogP contribution is -2.39. The van der Waals surface area contributed by atoms with E-state index in [1.54, 1.807) is 20.8 Å². The summed E-state index contributed by atoms with van der Waals surface area (Å²) in [7, 11) is 0. The number of nitrogens with zero attached hydrogens (tertiary/aromatic N) is 3. The molecule has 0 saturated carbocycles. The molecule has 2 amide bonds. The van der Waals surface area contributed by atoms with Gasteiger partial charge in [-0.05, 0) is 57.7 Å². The summed E-state index contributed by atoms with van der Waals surface area (Å²) in [6, 6.07) is 17.9. The van der Waals surface area contributed by atoms with Crippen LogP contribution in [0.15, 0.2) is 65.5 Å². The number of ether oxygens (including phenoxy) is 3. The van der Waals surface area contributed by atoms with Crippen molar-refractivity contribution in [2.45, 2.75) is 59.6 Å². The molecule has 44 heavy (non-hydrogen) atoms. The monoisotopic (exact) mass is 604 g/mol. The van der Waals surface area contributed by atoms with E-state index in [9.17, 15) is 19.2 Å². The van der Waals surface area contributed by atoms with Crippen molar-refractivity contribution in [2.75, 3.05) is 26.2 Å². The number of hydrogen-bond acceptors (Lipinski definition) is 8. The highest BCUT2D eigenvalue weighted by Crippen LogP contribution is 2.31. The molecule has 0 unspecified atom stereocenters. The van der Waals surface area contributed by atoms with Crippen molar-refractivity contribution in [1.82, 2.24) is 19.8 Å². The fourth-order valence-corrected chi connectivity index (χ4v) is 4.72. The maximum absolute atomic E-state index is 14.0. The second kappa shape index (κ2) is 14.7. The number of benzene rings is 2. The number of H-pyrrole nitrogens is 1. The van der Waals surface area contributed by atoms with Gasteiger partial charge in [0.25, 0.3) is 11.5 Å². The second-order valence-electron chi connectivity index (χ2n) is 11.6. The number of carbonyl (C=O) groups excluding carboxylic acids is 3. The quantitative estimate of drug-likeness (QED) is 0.298. The molecule has 1 aliphatic heterocycles. The highest BCUT2D eigenvalue weighted by atomic mass is 16.6. The van der Waals surface area contributed by atoms with Gasteiger partial charge in [0.1, 0.15) is 24.8 Å². The van der Waals surface area contributed by atoms with Crippen LogP contribution in [0.25, 0.3) is 0 Å². The molecule has 2 heterocycles. The Balaban J connectivity index is 1.62. The smallest absolute Gasteiger partial charge is 0.410 e. The number of para-hydroxylation sites is 1. The normalized spacial score (nSPS) is 14.6. The van der Waals surface area contributed by atoms with Gasteiger partial charge in [0.15, 0.2) is 5.69 Å². The summed E-state index contributed by atoms with van der Waals surface area (Å²) >= 11 is 0. The molecule has 2 aromatic carbocycles. The first kappa shape index (κ1) is 32.2. The molecule has 0 spiro atoms. The van der Waals surface area contributed by atoms with E-state index in [-0.39, 0.29) is 31.3 Å². The first-order valence-electron chi connectivity index (χ1n) is 14.9. The number of likely N-dealkylation sites (tertiary alicyclic amines) is 1. The molecular formula is C33H40N4O7. The molecule has 1 saturated heterocycles. The molecule has 234 valence electrons. The Hall–Kier alpha value is -4.67. The largest absolute Gasteiger partial charge is 0.492 e. The Kier molecular flexibility index (Phi) is 10.8. The van der Waals surface area contributed by atoms with Gasteiger partial charge in [-0.15, -0.1) is 0 Å². The number of hydrogen-bond donors (Lipinski definition) is 1. The average molecular weight is 605 g/mol. The first-order valence-corrected chi connectivity index (χ1v) is 14.9. The van der Waals surface area contributed by atoms with E-state index in [0.717, 1.165) is 5.56 Å². The maximum atomic E-state index is 14.0. The summed E-state index contributed by atoms with van der Waals surface area (Å²) in [5.41, 5.74) is -1.17. The highest BCUT2D eigenvalue weighted by molar-refractivity contribution is 5.96. The third kappa shape index (κ3) is 8.24. The number of carbonyl (C=O) groups is 3. The Morgan fingerprint density at radius 2 is 1.70 bits per heavy atom. The lowest BCUT2D eigenvalue weighted by Gasteiger charge is -2.26. The van der Waals surface area contributed by atoms with Gasteiger partial charge in [-0.2, -0.15) is 0 Å². The van der Waals surface area contributed by atoms with Gasteiger partial charge in [0.2, 0.25) is 5.75 Å². The Labute approximate surface area is 257 Å². The molecule has 0 bridgehead atoms. The molecule has 1 N–H and O–H groups in total. The van der Waals surface area contributed by atoms with Crippen LogP contribution in [-0.2, 0) is 16.1 Å². The van der Waals surface area contributed by atoms with Gasteiger partial charge in [-0.25, -0.2) is 9.78 Å². The van der Waals surface area contributed by atoms with E-state index in [1.165, 1.54) is 9.80 Å². The number of nitrogens with one attached hydrogen (secondary N) is 1. The summed E-state index contributed by atoms with van der Waals surface area (Å²) in [6.45, 7) is 8.12. The topological polar surface area (TPSA) is 131 Å². The molecular weight excluding hydrogens is 564 g/mol. The number of aromatic amines is 1. The fourth-order valence-electron chi connectivity index (χ4n) is 4.72. The van der Waals surface area contributed by atoms with E-state index in [2.05, 4.69) is 9.97 Å². The standard InChI is InChI=1S/C33H40N4O7/c1-5-18-36(20-21-42-24-15-10-7-11-16-24)30(39)26-27(44-31(40)33(2,3)4)29(38)35-28(34-26)25-17-12-19-37(25)32(41)43-22-23-13-8-6-9-14-23/h6-11,13-16,25H,5,12,17-22H2,1-4H3,(H,34,35,38)/t25-/m0/s1. The zero-order valence-corrected chi connectivity index (χ0v) is 25.7. The lowest BCUT2D eigenvalue weighted by atomic mass is 9.97. The summed E-state index contributed by atoms with van der Waals surface area (Å²) in [5.74, 6) is -0.954. The minimum Gasteiger partial charge on any atom is -0.492 e. The van der Waals surface area contributed by atoms with Gasteiger partial charge in [-0.1, -0.05) is 55.5 Å². The van der Waals surface area contributed by atoms with Crippen molar-refractivity contribution < 1.29 is 28.6 Å².